The van der Waals surface area contributed by atoms with Gasteiger partial charge in [-0.3, -0.25) is 0 Å². The van der Waals surface area contributed by atoms with Gasteiger partial charge in [0.1, 0.15) is 4.84 Å². The summed E-state index contributed by atoms with van der Waals surface area (Å²) in [6.45, 7) is 12.3. The fourth-order valence-electron chi connectivity index (χ4n) is 1.22. The molecule has 1 N–H and O–H groups in total. The molecule has 0 aliphatic rings. The number of hydrogen-bond donors (Lipinski definition) is 1. The van der Waals surface area contributed by atoms with Gasteiger partial charge in [-0.15, -0.1) is 23.2 Å². The number of alkyl halides is 2. The van der Waals surface area contributed by atoms with Crippen molar-refractivity contribution in [2.24, 2.45) is 0 Å². The van der Waals surface area contributed by atoms with E-state index in [1.54, 1.807) is 0 Å². The molecule has 17 heavy (non-hydrogen) atoms. The minimum absolute atomic E-state index is 0.151. The number of hydrogen-bond acceptors (Lipinski definition) is 2. The van der Waals surface area contributed by atoms with E-state index in [4.69, 9.17) is 28.3 Å². The van der Waals surface area contributed by atoms with Gasteiger partial charge in [0.25, 0.3) is 0 Å². The molecule has 0 rings (SSSR count). The minimum Gasteiger partial charge on any atom is -0.400 e. The van der Waals surface area contributed by atoms with Gasteiger partial charge in [0.15, 0.2) is 0 Å². The van der Waals surface area contributed by atoms with Crippen LogP contribution in [0.3, 0.4) is 0 Å². The third kappa shape index (κ3) is 26.2. The standard InChI is InChI=1S/C6H12Cl2.C6H15N.CH4O/c1-2-3-4-5-6(7)8;1-4-7(5-2)6-3;1-2/h6H,2-5H2,1H3;4-6H2,1-3H3;2H,1H3. The van der Waals surface area contributed by atoms with Crippen molar-refractivity contribution in [3.8, 4) is 0 Å². The summed E-state index contributed by atoms with van der Waals surface area (Å²) < 4.78 is 0. The summed E-state index contributed by atoms with van der Waals surface area (Å²) in [5.41, 5.74) is 0. The number of unbranched alkanes of at least 4 members (excludes halogenated alkanes) is 2. The molecule has 0 atom stereocenters. The van der Waals surface area contributed by atoms with Crippen molar-refractivity contribution in [3.05, 3.63) is 0 Å². The maximum absolute atomic E-state index is 7.00. The highest BCUT2D eigenvalue weighted by atomic mass is 35.5. The van der Waals surface area contributed by atoms with E-state index in [9.17, 15) is 0 Å². The molecule has 0 bridgehead atoms. The molecule has 4 heteroatoms. The molecule has 0 aliphatic carbocycles. The quantitative estimate of drug-likeness (QED) is 0.557. The van der Waals surface area contributed by atoms with Crippen LogP contribution in [0.4, 0.5) is 0 Å². The maximum atomic E-state index is 7.00. The average molecular weight is 288 g/mol. The normalized spacial score (nSPS) is 9.53. The van der Waals surface area contributed by atoms with Gasteiger partial charge in [-0.05, 0) is 26.1 Å². The number of aliphatic hydroxyl groups excluding tert-OH is 1. The molecule has 0 aromatic carbocycles. The van der Waals surface area contributed by atoms with Crippen LogP contribution in [0.1, 0.15) is 53.4 Å². The summed E-state index contributed by atoms with van der Waals surface area (Å²) in [6, 6.07) is 0. The van der Waals surface area contributed by atoms with Gasteiger partial charge < -0.3 is 10.0 Å². The molecule has 0 radical (unpaired) electrons. The zero-order valence-electron chi connectivity index (χ0n) is 12.2. The van der Waals surface area contributed by atoms with E-state index >= 15 is 0 Å². The van der Waals surface area contributed by atoms with Crippen LogP contribution in [0.15, 0.2) is 0 Å². The third-order valence-electron chi connectivity index (χ3n) is 2.37. The first-order valence-corrected chi connectivity index (χ1v) is 7.44. The summed E-state index contributed by atoms with van der Waals surface area (Å²) in [5.74, 6) is 0. The molecule has 0 saturated heterocycles. The van der Waals surface area contributed by atoms with Gasteiger partial charge in [0.2, 0.25) is 0 Å². The Morgan fingerprint density at radius 1 is 0.882 bits per heavy atom. The fourth-order valence-corrected chi connectivity index (χ4v) is 1.53. The second kappa shape index (κ2) is 21.8. The zero-order chi connectivity index (χ0) is 14.1. The monoisotopic (exact) mass is 287 g/mol. The van der Waals surface area contributed by atoms with Crippen molar-refractivity contribution in [2.45, 2.75) is 58.2 Å². The smallest absolute Gasteiger partial charge is 0.107 e. The first-order chi connectivity index (χ1) is 8.12. The van der Waals surface area contributed by atoms with Crippen molar-refractivity contribution in [2.75, 3.05) is 26.7 Å². The van der Waals surface area contributed by atoms with Crippen molar-refractivity contribution in [1.82, 2.24) is 4.90 Å². The van der Waals surface area contributed by atoms with Crippen molar-refractivity contribution in [3.63, 3.8) is 0 Å². The number of rotatable bonds is 7. The highest BCUT2D eigenvalue weighted by Gasteiger charge is 1.95. The van der Waals surface area contributed by atoms with Crippen LogP contribution in [0, 0.1) is 0 Å². The Morgan fingerprint density at radius 3 is 1.47 bits per heavy atom. The van der Waals surface area contributed by atoms with Gasteiger partial charge in [0.05, 0.1) is 0 Å². The van der Waals surface area contributed by atoms with E-state index in [1.807, 2.05) is 0 Å². The van der Waals surface area contributed by atoms with E-state index in [1.165, 1.54) is 32.5 Å². The fraction of sp³-hybridized carbons (Fsp3) is 1.00. The first kappa shape index (κ1) is 22.7. The molecule has 0 unspecified atom stereocenters. The maximum Gasteiger partial charge on any atom is 0.107 e. The lowest BCUT2D eigenvalue weighted by Gasteiger charge is -2.13. The zero-order valence-corrected chi connectivity index (χ0v) is 13.7. The molecular formula is C13H31Cl2NO. The van der Waals surface area contributed by atoms with Crippen LogP contribution in [-0.2, 0) is 0 Å². The molecule has 108 valence electrons. The highest BCUT2D eigenvalue weighted by molar-refractivity contribution is 6.44. The van der Waals surface area contributed by atoms with Gasteiger partial charge in [-0.25, -0.2) is 0 Å². The topological polar surface area (TPSA) is 23.5 Å². The van der Waals surface area contributed by atoms with Gasteiger partial charge >= 0.3 is 0 Å². The molecule has 0 fully saturated rings. The van der Waals surface area contributed by atoms with E-state index in [2.05, 4.69) is 32.6 Å². The van der Waals surface area contributed by atoms with E-state index in [0.717, 1.165) is 20.0 Å². The molecule has 0 saturated carbocycles. The summed E-state index contributed by atoms with van der Waals surface area (Å²) in [4.78, 5) is 2.22. The molecule has 0 aromatic heterocycles. The lowest BCUT2D eigenvalue weighted by Crippen LogP contribution is -2.21. The van der Waals surface area contributed by atoms with Gasteiger partial charge in [-0.1, -0.05) is 47.0 Å². The minimum atomic E-state index is -0.151. The predicted octanol–water partition coefficient (Wildman–Crippen LogP) is 4.33. The molecule has 0 aliphatic heterocycles. The van der Waals surface area contributed by atoms with Gasteiger partial charge in [-0.2, -0.15) is 0 Å². The summed E-state index contributed by atoms with van der Waals surface area (Å²) in [6.07, 6.45) is 4.58. The highest BCUT2D eigenvalue weighted by Crippen LogP contribution is 2.11. The molecule has 0 amide bonds. The molecule has 2 nitrogen and oxygen atoms in total. The third-order valence-corrected chi connectivity index (χ3v) is 2.80. The predicted molar refractivity (Wildman–Crippen MR) is 81.2 cm³/mol. The molecule has 0 heterocycles. The second-order valence-electron chi connectivity index (χ2n) is 3.51. The Hall–Kier alpha value is 0.500. The molecule has 0 aromatic rings. The van der Waals surface area contributed by atoms with Gasteiger partial charge in [0, 0.05) is 7.11 Å². The Morgan fingerprint density at radius 2 is 1.29 bits per heavy atom. The van der Waals surface area contributed by atoms with Crippen LogP contribution in [-0.4, -0.2) is 41.6 Å². The van der Waals surface area contributed by atoms with Crippen LogP contribution < -0.4 is 0 Å². The van der Waals surface area contributed by atoms with Crippen LogP contribution in [0.25, 0.3) is 0 Å². The van der Waals surface area contributed by atoms with Crippen LogP contribution in [0.2, 0.25) is 0 Å². The summed E-state index contributed by atoms with van der Waals surface area (Å²) >= 11 is 11.0. The second-order valence-corrected chi connectivity index (χ2v) is 4.78. The van der Waals surface area contributed by atoms with Crippen molar-refractivity contribution < 1.29 is 5.11 Å². The SMILES string of the molecule is CCCCCC(Cl)Cl.CCN(CC)CC.CO. The van der Waals surface area contributed by atoms with E-state index in [0.29, 0.717) is 0 Å². The summed E-state index contributed by atoms with van der Waals surface area (Å²) in [5, 5.41) is 7.00. The first-order valence-electron chi connectivity index (χ1n) is 6.57. The van der Waals surface area contributed by atoms with E-state index in [-0.39, 0.29) is 4.84 Å². The Labute approximate surface area is 118 Å². The number of nitrogens with zero attached hydrogens (tertiary/aromatic N) is 1. The van der Waals surface area contributed by atoms with Crippen molar-refractivity contribution in [1.29, 1.82) is 0 Å². The Bertz CT molecular complexity index is 104. The largest absolute Gasteiger partial charge is 0.400 e. The van der Waals surface area contributed by atoms with Crippen molar-refractivity contribution >= 4 is 23.2 Å². The Kier molecular flexibility index (Phi) is 29.0. The summed E-state index contributed by atoms with van der Waals surface area (Å²) in [7, 11) is 1.00. The lowest BCUT2D eigenvalue weighted by atomic mass is 10.2. The van der Waals surface area contributed by atoms with E-state index < -0.39 is 0 Å². The van der Waals surface area contributed by atoms with Crippen LogP contribution >= 0.6 is 23.2 Å². The van der Waals surface area contributed by atoms with Crippen LogP contribution in [0.5, 0.6) is 0 Å². The molecular weight excluding hydrogens is 257 g/mol. The Balaban J connectivity index is -0.000000202. The lowest BCUT2D eigenvalue weighted by molar-refractivity contribution is 0.321. The average Bonchev–Trinajstić information content (AvgIpc) is 2.35. The number of aliphatic hydroxyl groups is 1. The number of halogens is 2. The molecule has 0 spiro atoms.